The second kappa shape index (κ2) is 8.93. The molecule has 2 saturated heterocycles. The fourth-order valence-electron chi connectivity index (χ4n) is 4.43. The lowest BCUT2D eigenvalue weighted by Crippen LogP contribution is -2.45. The van der Waals surface area contributed by atoms with Gasteiger partial charge in [-0.25, -0.2) is 4.79 Å². The zero-order chi connectivity index (χ0) is 22.1. The lowest BCUT2D eigenvalue weighted by Gasteiger charge is -2.29. The fourth-order valence-corrected chi connectivity index (χ4v) is 6.08. The predicted octanol–water partition coefficient (Wildman–Crippen LogP) is 1.86. The van der Waals surface area contributed by atoms with Crippen LogP contribution in [0.2, 0.25) is 0 Å². The Kier molecular flexibility index (Phi) is 6.89. The van der Waals surface area contributed by atoms with E-state index in [2.05, 4.69) is 6.58 Å². The van der Waals surface area contributed by atoms with Crippen molar-refractivity contribution in [1.29, 1.82) is 0 Å². The number of likely N-dealkylation sites (tertiary alicyclic amines) is 1. The van der Waals surface area contributed by atoms with Crippen molar-refractivity contribution in [2.24, 2.45) is 11.8 Å². The van der Waals surface area contributed by atoms with E-state index in [0.29, 0.717) is 6.42 Å². The highest BCUT2D eigenvalue weighted by molar-refractivity contribution is 7.53. The van der Waals surface area contributed by atoms with E-state index in [-0.39, 0.29) is 44.0 Å². The van der Waals surface area contributed by atoms with Gasteiger partial charge in [0.2, 0.25) is 5.91 Å². The van der Waals surface area contributed by atoms with Crippen LogP contribution in [0.15, 0.2) is 24.3 Å². The molecule has 3 aliphatic heterocycles. The Balaban J connectivity index is 1.66. The molecule has 168 valence electrons. The zero-order valence-electron chi connectivity index (χ0n) is 17.6. The van der Waals surface area contributed by atoms with Gasteiger partial charge in [0.15, 0.2) is 0 Å². The van der Waals surface area contributed by atoms with Crippen LogP contribution >= 0.6 is 7.60 Å². The Morgan fingerprint density at radius 2 is 2.03 bits per heavy atom. The molecule has 0 aromatic rings. The van der Waals surface area contributed by atoms with Crippen LogP contribution in [0.1, 0.15) is 27.2 Å². The van der Waals surface area contributed by atoms with E-state index in [4.69, 9.17) is 18.5 Å². The number of esters is 1. The Bertz CT molecular complexity index is 773. The number of carbonyl (C=O) groups is 2. The minimum Gasteiger partial charge on any atom is -0.459 e. The average Bonchev–Trinajstić information content (AvgIpc) is 3.32. The van der Waals surface area contributed by atoms with Crippen molar-refractivity contribution in [3.05, 3.63) is 24.3 Å². The van der Waals surface area contributed by atoms with Gasteiger partial charge in [-0.3, -0.25) is 9.36 Å². The van der Waals surface area contributed by atoms with Crippen LogP contribution < -0.4 is 0 Å². The van der Waals surface area contributed by atoms with Crippen molar-refractivity contribution < 1.29 is 37.8 Å². The first-order chi connectivity index (χ1) is 14.2. The normalized spacial score (nSPS) is 32.0. The number of amides is 1. The van der Waals surface area contributed by atoms with Crippen molar-refractivity contribution in [1.82, 2.24) is 4.90 Å². The maximum absolute atomic E-state index is 13.1. The van der Waals surface area contributed by atoms with Gasteiger partial charge in [-0.15, -0.1) is 0 Å². The van der Waals surface area contributed by atoms with E-state index in [1.165, 1.54) is 4.90 Å². The quantitative estimate of drug-likeness (QED) is 0.223. The standard InChI is InChI=1S/C20H30NO8P/c1-5-27-30(25,28-6-2)11-7-10-21-17(22)15-14-8-9-20(29-14,16(15)18(21)23)12-26-19(24)13(3)4/h8-9,14-17,22H,3,5-7,10-12H2,1-2,4H3. The summed E-state index contributed by atoms with van der Waals surface area (Å²) in [7, 11) is -3.22. The second-order valence-electron chi connectivity index (χ2n) is 7.78. The number of nitrogens with zero attached hydrogens (tertiary/aromatic N) is 1. The van der Waals surface area contributed by atoms with Crippen LogP contribution in [0.3, 0.4) is 0 Å². The number of carbonyl (C=O) groups excluding carboxylic acids is 2. The monoisotopic (exact) mass is 443 g/mol. The molecule has 0 aromatic heterocycles. The SMILES string of the molecule is C=C(C)C(=O)OCC12C=CC(O1)C1C(O)N(CCCP(=O)(OCC)OCC)C(=O)C12. The van der Waals surface area contributed by atoms with Crippen molar-refractivity contribution in [2.45, 2.75) is 45.1 Å². The van der Waals surface area contributed by atoms with Crippen LogP contribution in [0, 0.1) is 11.8 Å². The number of fused-ring (bicyclic) bond motifs is 5. The summed E-state index contributed by atoms with van der Waals surface area (Å²) in [6, 6.07) is 0. The van der Waals surface area contributed by atoms with E-state index >= 15 is 0 Å². The first-order valence-corrected chi connectivity index (χ1v) is 12.0. The van der Waals surface area contributed by atoms with Gasteiger partial charge in [0, 0.05) is 18.0 Å². The van der Waals surface area contributed by atoms with Gasteiger partial charge >= 0.3 is 13.6 Å². The molecule has 2 bridgehead atoms. The smallest absolute Gasteiger partial charge is 0.333 e. The number of hydrogen-bond donors (Lipinski definition) is 1. The van der Waals surface area contributed by atoms with Crippen molar-refractivity contribution in [3.8, 4) is 0 Å². The maximum atomic E-state index is 13.1. The maximum Gasteiger partial charge on any atom is 0.333 e. The summed E-state index contributed by atoms with van der Waals surface area (Å²) in [6.07, 6.45) is 2.59. The number of aliphatic hydroxyl groups excluding tert-OH is 1. The minimum absolute atomic E-state index is 0.122. The molecule has 3 rings (SSSR count). The van der Waals surface area contributed by atoms with Crippen molar-refractivity contribution in [2.75, 3.05) is 32.5 Å². The fraction of sp³-hybridized carbons (Fsp3) is 0.700. The highest BCUT2D eigenvalue weighted by Crippen LogP contribution is 2.54. The lowest BCUT2D eigenvalue weighted by molar-refractivity contribution is -0.153. The van der Waals surface area contributed by atoms with Gasteiger partial charge in [0.25, 0.3) is 0 Å². The topological polar surface area (TPSA) is 112 Å². The molecule has 2 fully saturated rings. The Hall–Kier alpha value is -1.51. The highest BCUT2D eigenvalue weighted by atomic mass is 31.2. The summed E-state index contributed by atoms with van der Waals surface area (Å²) >= 11 is 0. The molecule has 3 aliphatic rings. The molecular formula is C20H30NO8P. The van der Waals surface area contributed by atoms with E-state index in [1.807, 2.05) is 0 Å². The lowest BCUT2D eigenvalue weighted by atomic mass is 9.77. The van der Waals surface area contributed by atoms with Gasteiger partial charge < -0.3 is 28.5 Å². The Labute approximate surface area is 176 Å². The van der Waals surface area contributed by atoms with Crippen LogP contribution in [-0.4, -0.2) is 72.3 Å². The molecule has 30 heavy (non-hydrogen) atoms. The number of hydrogen-bond acceptors (Lipinski definition) is 8. The molecule has 1 N–H and O–H groups in total. The van der Waals surface area contributed by atoms with Crippen LogP contribution in [0.25, 0.3) is 0 Å². The molecule has 10 heteroatoms. The third-order valence-corrected chi connectivity index (χ3v) is 7.85. The van der Waals surface area contributed by atoms with Gasteiger partial charge in [0.1, 0.15) is 18.4 Å². The average molecular weight is 443 g/mol. The van der Waals surface area contributed by atoms with Gasteiger partial charge in [-0.2, -0.15) is 0 Å². The van der Waals surface area contributed by atoms with Crippen LogP contribution in [0.5, 0.6) is 0 Å². The molecule has 0 radical (unpaired) electrons. The molecule has 3 heterocycles. The van der Waals surface area contributed by atoms with Crippen molar-refractivity contribution >= 4 is 19.5 Å². The summed E-state index contributed by atoms with van der Waals surface area (Å²) in [5, 5.41) is 10.8. The van der Waals surface area contributed by atoms with E-state index in [9.17, 15) is 19.3 Å². The molecule has 0 aromatic carbocycles. The number of ether oxygens (including phenoxy) is 2. The number of aliphatic hydroxyl groups is 1. The summed E-state index contributed by atoms with van der Waals surface area (Å²) in [5.74, 6) is -1.92. The molecule has 0 spiro atoms. The van der Waals surface area contributed by atoms with Crippen LogP contribution in [0.4, 0.5) is 0 Å². The Morgan fingerprint density at radius 3 is 2.63 bits per heavy atom. The zero-order valence-corrected chi connectivity index (χ0v) is 18.5. The second-order valence-corrected chi connectivity index (χ2v) is 9.96. The molecule has 9 nitrogen and oxygen atoms in total. The largest absolute Gasteiger partial charge is 0.459 e. The molecular weight excluding hydrogens is 413 g/mol. The Morgan fingerprint density at radius 1 is 1.37 bits per heavy atom. The third kappa shape index (κ3) is 4.14. The summed E-state index contributed by atoms with van der Waals surface area (Å²) in [6.45, 7) is 9.20. The first-order valence-electron chi connectivity index (χ1n) is 10.2. The first kappa shape index (κ1) is 23.2. The molecule has 5 atom stereocenters. The van der Waals surface area contributed by atoms with Gasteiger partial charge in [-0.1, -0.05) is 18.7 Å². The molecule has 5 unspecified atom stereocenters. The molecule has 1 amide bonds. The third-order valence-electron chi connectivity index (χ3n) is 5.69. The molecule has 0 saturated carbocycles. The summed E-state index contributed by atoms with van der Waals surface area (Å²) < 4.78 is 34.4. The summed E-state index contributed by atoms with van der Waals surface area (Å²) in [4.78, 5) is 26.3. The summed E-state index contributed by atoms with van der Waals surface area (Å²) in [5.41, 5.74) is -0.828. The van der Waals surface area contributed by atoms with Crippen molar-refractivity contribution in [3.63, 3.8) is 0 Å². The van der Waals surface area contributed by atoms with E-state index in [0.717, 1.165) is 0 Å². The van der Waals surface area contributed by atoms with Gasteiger partial charge in [0.05, 0.1) is 31.4 Å². The van der Waals surface area contributed by atoms with Crippen LogP contribution in [-0.2, 0) is 32.7 Å². The minimum atomic E-state index is -3.22. The van der Waals surface area contributed by atoms with E-state index < -0.39 is 43.3 Å². The highest BCUT2D eigenvalue weighted by Gasteiger charge is 2.67. The molecule has 0 aliphatic carbocycles. The van der Waals surface area contributed by atoms with Gasteiger partial charge in [-0.05, 0) is 27.2 Å². The number of rotatable bonds is 11. The van der Waals surface area contributed by atoms with E-state index in [1.54, 1.807) is 32.9 Å². The predicted molar refractivity (Wildman–Crippen MR) is 108 cm³/mol.